The normalized spacial score (nSPS) is 13.1. The summed E-state index contributed by atoms with van der Waals surface area (Å²) in [6.07, 6.45) is 2.25. The van der Waals surface area contributed by atoms with Gasteiger partial charge in [0, 0.05) is 34.1 Å². The lowest BCUT2D eigenvalue weighted by Crippen LogP contribution is -2.35. The zero-order chi connectivity index (χ0) is 18.8. The van der Waals surface area contributed by atoms with Gasteiger partial charge < -0.3 is 4.90 Å². The summed E-state index contributed by atoms with van der Waals surface area (Å²) in [5.74, 6) is -0.293. The average Bonchev–Trinajstić information content (AvgIpc) is 3.09. The SMILES string of the molecule is O=C(Nc1nc2c(s1)CN(C(=O)c1cccc(Br)c1)CC2)c1ccccn1. The summed E-state index contributed by atoms with van der Waals surface area (Å²) in [6.45, 7) is 1.10. The summed E-state index contributed by atoms with van der Waals surface area (Å²) >= 11 is 4.81. The first-order valence-electron chi connectivity index (χ1n) is 8.36. The van der Waals surface area contributed by atoms with Gasteiger partial charge in [0.25, 0.3) is 11.8 Å². The molecule has 3 heterocycles. The third-order valence-corrected chi connectivity index (χ3v) is 5.70. The van der Waals surface area contributed by atoms with Crippen LogP contribution in [0.2, 0.25) is 0 Å². The standard InChI is InChI=1S/C19H15BrN4O2S/c20-13-5-3-4-12(10-13)18(26)24-9-7-14-16(11-24)27-19(22-14)23-17(25)15-6-1-2-8-21-15/h1-6,8,10H,7,9,11H2,(H,22,23,25). The molecule has 6 nitrogen and oxygen atoms in total. The lowest BCUT2D eigenvalue weighted by Gasteiger charge is -2.26. The van der Waals surface area contributed by atoms with Gasteiger partial charge in [0.2, 0.25) is 0 Å². The molecule has 0 atom stereocenters. The van der Waals surface area contributed by atoms with Crippen molar-refractivity contribution in [3.8, 4) is 0 Å². The number of hydrogen-bond donors (Lipinski definition) is 1. The van der Waals surface area contributed by atoms with E-state index in [9.17, 15) is 9.59 Å². The first-order chi connectivity index (χ1) is 13.1. The molecule has 0 fully saturated rings. The van der Waals surface area contributed by atoms with Crippen LogP contribution in [0.1, 0.15) is 31.4 Å². The van der Waals surface area contributed by atoms with Crippen molar-refractivity contribution in [1.82, 2.24) is 14.9 Å². The first kappa shape index (κ1) is 17.8. The molecule has 1 aliphatic heterocycles. The minimum absolute atomic E-state index is 0.00517. The van der Waals surface area contributed by atoms with E-state index >= 15 is 0 Å². The maximum Gasteiger partial charge on any atom is 0.276 e. The number of aromatic nitrogens is 2. The molecule has 136 valence electrons. The van der Waals surface area contributed by atoms with E-state index in [2.05, 4.69) is 31.2 Å². The smallest absolute Gasteiger partial charge is 0.276 e. The van der Waals surface area contributed by atoms with Gasteiger partial charge in [0.1, 0.15) is 5.69 Å². The lowest BCUT2D eigenvalue weighted by molar-refractivity contribution is 0.0736. The number of thiazole rings is 1. The maximum absolute atomic E-state index is 12.7. The number of hydrogen-bond acceptors (Lipinski definition) is 5. The quantitative estimate of drug-likeness (QED) is 0.669. The molecule has 3 aromatic rings. The number of benzene rings is 1. The van der Waals surface area contributed by atoms with Crippen LogP contribution >= 0.6 is 27.3 Å². The molecule has 1 aliphatic rings. The summed E-state index contributed by atoms with van der Waals surface area (Å²) < 4.78 is 0.878. The van der Waals surface area contributed by atoms with Crippen molar-refractivity contribution >= 4 is 44.2 Å². The molecular formula is C19H15BrN4O2S. The van der Waals surface area contributed by atoms with Crippen molar-refractivity contribution in [2.45, 2.75) is 13.0 Å². The van der Waals surface area contributed by atoms with Crippen molar-refractivity contribution in [2.24, 2.45) is 0 Å². The highest BCUT2D eigenvalue weighted by Gasteiger charge is 2.25. The van der Waals surface area contributed by atoms with E-state index in [1.165, 1.54) is 11.3 Å². The predicted octanol–water partition coefficient (Wildman–Crippen LogP) is 3.75. The van der Waals surface area contributed by atoms with E-state index in [-0.39, 0.29) is 11.8 Å². The van der Waals surface area contributed by atoms with Gasteiger partial charge >= 0.3 is 0 Å². The van der Waals surface area contributed by atoms with Crippen molar-refractivity contribution in [3.63, 3.8) is 0 Å². The highest BCUT2D eigenvalue weighted by molar-refractivity contribution is 9.10. The van der Waals surface area contributed by atoms with Crippen LogP contribution in [0.15, 0.2) is 53.1 Å². The summed E-state index contributed by atoms with van der Waals surface area (Å²) in [6, 6.07) is 12.6. The van der Waals surface area contributed by atoms with Crippen LogP contribution in [-0.4, -0.2) is 33.2 Å². The number of nitrogens with zero attached hydrogens (tertiary/aromatic N) is 3. The Hall–Kier alpha value is -2.58. The van der Waals surface area contributed by atoms with Crippen LogP contribution in [0, 0.1) is 0 Å². The number of fused-ring (bicyclic) bond motifs is 1. The van der Waals surface area contributed by atoms with Gasteiger partial charge in [-0.2, -0.15) is 0 Å². The highest BCUT2D eigenvalue weighted by atomic mass is 79.9. The second-order valence-corrected chi connectivity index (χ2v) is 8.04. The van der Waals surface area contributed by atoms with Crippen LogP contribution in [0.25, 0.3) is 0 Å². The molecule has 0 radical (unpaired) electrons. The minimum Gasteiger partial charge on any atom is -0.333 e. The molecule has 8 heteroatoms. The first-order valence-corrected chi connectivity index (χ1v) is 9.97. The Kier molecular flexibility index (Phi) is 5.00. The zero-order valence-corrected chi connectivity index (χ0v) is 16.6. The van der Waals surface area contributed by atoms with Gasteiger partial charge in [0.05, 0.1) is 12.2 Å². The summed E-state index contributed by atoms with van der Waals surface area (Å²) in [5.41, 5.74) is 1.94. The molecule has 4 rings (SSSR count). The average molecular weight is 443 g/mol. The molecule has 1 N–H and O–H groups in total. The number of carbonyl (C=O) groups excluding carboxylic acids is 2. The molecule has 0 saturated heterocycles. The van der Waals surface area contributed by atoms with Crippen molar-refractivity contribution in [1.29, 1.82) is 0 Å². The zero-order valence-electron chi connectivity index (χ0n) is 14.2. The van der Waals surface area contributed by atoms with Crippen LogP contribution in [0.5, 0.6) is 0 Å². The summed E-state index contributed by atoms with van der Waals surface area (Å²) in [5, 5.41) is 3.33. The molecule has 0 saturated carbocycles. The molecule has 1 aromatic carbocycles. The van der Waals surface area contributed by atoms with Crippen LogP contribution < -0.4 is 5.32 Å². The molecule has 0 spiro atoms. The van der Waals surface area contributed by atoms with Crippen LogP contribution in [-0.2, 0) is 13.0 Å². The monoisotopic (exact) mass is 442 g/mol. The Morgan fingerprint density at radius 2 is 2.07 bits per heavy atom. The van der Waals surface area contributed by atoms with E-state index in [1.54, 1.807) is 24.4 Å². The molecule has 0 unspecified atom stereocenters. The van der Waals surface area contributed by atoms with Crippen molar-refractivity contribution < 1.29 is 9.59 Å². The lowest BCUT2D eigenvalue weighted by atomic mass is 10.1. The largest absolute Gasteiger partial charge is 0.333 e. The summed E-state index contributed by atoms with van der Waals surface area (Å²) in [7, 11) is 0. The van der Waals surface area contributed by atoms with Gasteiger partial charge in [-0.15, -0.1) is 0 Å². The predicted molar refractivity (Wildman–Crippen MR) is 107 cm³/mol. The number of pyridine rings is 1. The number of anilines is 1. The van der Waals surface area contributed by atoms with E-state index in [1.807, 2.05) is 29.2 Å². The van der Waals surface area contributed by atoms with E-state index < -0.39 is 0 Å². The fraction of sp³-hybridized carbons (Fsp3) is 0.158. The Labute approximate surface area is 168 Å². The van der Waals surface area contributed by atoms with Crippen LogP contribution in [0.3, 0.4) is 0 Å². The van der Waals surface area contributed by atoms with Gasteiger partial charge in [-0.25, -0.2) is 4.98 Å². The van der Waals surface area contributed by atoms with Gasteiger partial charge in [-0.3, -0.25) is 19.9 Å². The fourth-order valence-corrected chi connectivity index (χ4v) is 4.30. The van der Waals surface area contributed by atoms with Crippen molar-refractivity contribution in [2.75, 3.05) is 11.9 Å². The fourth-order valence-electron chi connectivity index (χ4n) is 2.88. The van der Waals surface area contributed by atoms with E-state index in [4.69, 9.17) is 0 Å². The van der Waals surface area contributed by atoms with E-state index in [0.717, 1.165) is 15.0 Å². The number of carbonyl (C=O) groups is 2. The number of halogens is 1. The Morgan fingerprint density at radius 1 is 1.19 bits per heavy atom. The van der Waals surface area contributed by atoms with E-state index in [0.29, 0.717) is 35.9 Å². The maximum atomic E-state index is 12.7. The molecule has 27 heavy (non-hydrogen) atoms. The second kappa shape index (κ2) is 7.58. The summed E-state index contributed by atoms with van der Waals surface area (Å²) in [4.78, 5) is 36.3. The molecule has 2 aromatic heterocycles. The van der Waals surface area contributed by atoms with Crippen LogP contribution in [0.4, 0.5) is 5.13 Å². The molecular weight excluding hydrogens is 428 g/mol. The molecule has 0 aliphatic carbocycles. The van der Waals surface area contributed by atoms with Gasteiger partial charge in [-0.1, -0.05) is 39.4 Å². The third-order valence-electron chi connectivity index (χ3n) is 4.21. The van der Waals surface area contributed by atoms with Crippen molar-refractivity contribution in [3.05, 3.63) is 75.0 Å². The Bertz CT molecular complexity index is 1010. The Morgan fingerprint density at radius 3 is 2.85 bits per heavy atom. The Balaban J connectivity index is 1.47. The topological polar surface area (TPSA) is 75.2 Å². The van der Waals surface area contributed by atoms with Gasteiger partial charge in [0.15, 0.2) is 5.13 Å². The van der Waals surface area contributed by atoms with Gasteiger partial charge in [-0.05, 0) is 30.3 Å². The highest BCUT2D eigenvalue weighted by Crippen LogP contribution is 2.29. The number of rotatable bonds is 3. The number of amides is 2. The molecule has 2 amide bonds. The number of nitrogens with one attached hydrogen (secondary N) is 1. The second-order valence-electron chi connectivity index (χ2n) is 6.05. The molecule has 0 bridgehead atoms. The minimum atomic E-state index is -0.288. The third kappa shape index (κ3) is 3.91.